The van der Waals surface area contributed by atoms with Crippen molar-refractivity contribution in [1.82, 2.24) is 4.98 Å². The summed E-state index contributed by atoms with van der Waals surface area (Å²) < 4.78 is 5.16. The van der Waals surface area contributed by atoms with Gasteiger partial charge in [0.1, 0.15) is 5.75 Å². The zero-order valence-corrected chi connectivity index (χ0v) is 12.2. The van der Waals surface area contributed by atoms with Crippen LogP contribution in [0.2, 0.25) is 0 Å². The van der Waals surface area contributed by atoms with E-state index in [9.17, 15) is 4.79 Å². The van der Waals surface area contributed by atoms with Gasteiger partial charge < -0.3 is 4.74 Å². The van der Waals surface area contributed by atoms with E-state index < -0.39 is 0 Å². The Hall–Kier alpha value is -2.94. The summed E-state index contributed by atoms with van der Waals surface area (Å²) in [7, 11) is 1.63. The summed E-state index contributed by atoms with van der Waals surface area (Å²) in [6.07, 6.45) is 0.835. The molecule has 0 bridgehead atoms. The minimum Gasteiger partial charge on any atom is -0.497 e. The summed E-state index contributed by atoms with van der Waals surface area (Å²) >= 11 is 0. The molecule has 3 nitrogen and oxygen atoms in total. The van der Waals surface area contributed by atoms with E-state index in [0.717, 1.165) is 28.9 Å². The van der Waals surface area contributed by atoms with E-state index in [0.29, 0.717) is 11.3 Å². The van der Waals surface area contributed by atoms with Gasteiger partial charge >= 0.3 is 0 Å². The molecule has 3 aromatic rings. The monoisotopic (exact) mass is 289 g/mol. The number of ether oxygens (including phenoxy) is 1. The van der Waals surface area contributed by atoms with Crippen LogP contribution < -0.4 is 4.74 Å². The van der Waals surface area contributed by atoms with Crippen LogP contribution in [0.1, 0.15) is 10.4 Å². The van der Waals surface area contributed by atoms with Gasteiger partial charge in [-0.3, -0.25) is 4.79 Å². The van der Waals surface area contributed by atoms with E-state index in [1.54, 1.807) is 7.11 Å². The number of hydrogen-bond acceptors (Lipinski definition) is 3. The van der Waals surface area contributed by atoms with Gasteiger partial charge in [0.25, 0.3) is 0 Å². The molecule has 0 saturated carbocycles. The molecule has 1 aromatic heterocycles. The van der Waals surface area contributed by atoms with Gasteiger partial charge in [0.05, 0.1) is 18.5 Å². The van der Waals surface area contributed by atoms with Crippen LogP contribution in [-0.4, -0.2) is 18.4 Å². The van der Waals surface area contributed by atoms with E-state index in [2.05, 4.69) is 4.98 Å². The standard InChI is InChI=1S/C19H15NO2/c1-22-17-10-7-15(8-11-17)19-16(13-21)9-12-18(20-19)14-5-3-2-4-6-14/h2-13H,1H3. The maximum atomic E-state index is 11.3. The van der Waals surface area contributed by atoms with Crippen molar-refractivity contribution < 1.29 is 9.53 Å². The minimum absolute atomic E-state index is 0.574. The molecule has 0 radical (unpaired) electrons. The molecule has 3 heteroatoms. The Bertz CT molecular complexity index is 780. The third-order valence-corrected chi connectivity index (χ3v) is 3.49. The first-order valence-corrected chi connectivity index (χ1v) is 6.98. The molecule has 0 N–H and O–H groups in total. The largest absolute Gasteiger partial charge is 0.497 e. The molecule has 0 saturated heterocycles. The van der Waals surface area contributed by atoms with Crippen molar-refractivity contribution in [1.29, 1.82) is 0 Å². The lowest BCUT2D eigenvalue weighted by molar-refractivity contribution is 0.112. The normalized spacial score (nSPS) is 10.2. The van der Waals surface area contributed by atoms with Crippen molar-refractivity contribution >= 4 is 6.29 Å². The molecule has 0 fully saturated rings. The van der Waals surface area contributed by atoms with Gasteiger partial charge in [-0.15, -0.1) is 0 Å². The van der Waals surface area contributed by atoms with Gasteiger partial charge in [-0.1, -0.05) is 30.3 Å². The number of pyridine rings is 1. The molecule has 0 atom stereocenters. The van der Waals surface area contributed by atoms with Crippen molar-refractivity contribution in [2.45, 2.75) is 0 Å². The van der Waals surface area contributed by atoms with Gasteiger partial charge in [-0.25, -0.2) is 4.98 Å². The number of aromatic nitrogens is 1. The summed E-state index contributed by atoms with van der Waals surface area (Å²) in [4.78, 5) is 16.0. The van der Waals surface area contributed by atoms with E-state index in [1.807, 2.05) is 66.7 Å². The van der Waals surface area contributed by atoms with E-state index in [4.69, 9.17) is 4.74 Å². The third kappa shape index (κ3) is 2.74. The highest BCUT2D eigenvalue weighted by molar-refractivity contribution is 5.86. The van der Waals surface area contributed by atoms with Crippen molar-refractivity contribution in [2.24, 2.45) is 0 Å². The number of aldehydes is 1. The van der Waals surface area contributed by atoms with Crippen LogP contribution in [0.5, 0.6) is 5.75 Å². The van der Waals surface area contributed by atoms with Crippen molar-refractivity contribution in [2.75, 3.05) is 7.11 Å². The summed E-state index contributed by atoms with van der Waals surface area (Å²) in [6.45, 7) is 0. The van der Waals surface area contributed by atoms with Crippen molar-refractivity contribution in [3.8, 4) is 28.3 Å². The number of rotatable bonds is 4. The van der Waals surface area contributed by atoms with Crippen LogP contribution in [0, 0.1) is 0 Å². The number of carbonyl (C=O) groups excluding carboxylic acids is 1. The smallest absolute Gasteiger partial charge is 0.152 e. The van der Waals surface area contributed by atoms with Crippen LogP contribution >= 0.6 is 0 Å². The Morgan fingerprint density at radius 1 is 0.864 bits per heavy atom. The summed E-state index contributed by atoms with van der Waals surface area (Å²) in [5, 5.41) is 0. The second-order valence-corrected chi connectivity index (χ2v) is 4.85. The molecule has 108 valence electrons. The molecule has 0 spiro atoms. The summed E-state index contributed by atoms with van der Waals surface area (Å²) in [5.41, 5.74) is 4.01. The second-order valence-electron chi connectivity index (χ2n) is 4.85. The Kier molecular flexibility index (Phi) is 3.97. The van der Waals surface area contributed by atoms with Crippen LogP contribution in [0.15, 0.2) is 66.7 Å². The van der Waals surface area contributed by atoms with Crippen molar-refractivity contribution in [3.05, 3.63) is 72.3 Å². The van der Waals surface area contributed by atoms with Crippen LogP contribution in [0.3, 0.4) is 0 Å². The predicted octanol–water partition coefficient (Wildman–Crippen LogP) is 4.24. The fourth-order valence-corrected chi connectivity index (χ4v) is 2.31. The highest BCUT2D eigenvalue weighted by Gasteiger charge is 2.09. The topological polar surface area (TPSA) is 39.2 Å². The maximum absolute atomic E-state index is 11.3. The molecule has 0 aliphatic carbocycles. The molecular formula is C19H15NO2. The highest BCUT2D eigenvalue weighted by Crippen LogP contribution is 2.26. The Labute approximate surface area is 129 Å². The molecule has 0 aliphatic rings. The Balaban J connectivity index is 2.10. The van der Waals surface area contributed by atoms with Crippen LogP contribution in [0.4, 0.5) is 0 Å². The van der Waals surface area contributed by atoms with Gasteiger partial charge in [-0.05, 0) is 36.4 Å². The molecule has 1 heterocycles. The van der Waals surface area contributed by atoms with E-state index in [-0.39, 0.29) is 0 Å². The summed E-state index contributed by atoms with van der Waals surface area (Å²) in [5.74, 6) is 0.774. The lowest BCUT2D eigenvalue weighted by Crippen LogP contribution is -1.94. The third-order valence-electron chi connectivity index (χ3n) is 3.49. The predicted molar refractivity (Wildman–Crippen MR) is 87.0 cm³/mol. The zero-order valence-electron chi connectivity index (χ0n) is 12.2. The molecule has 2 aromatic carbocycles. The quantitative estimate of drug-likeness (QED) is 0.674. The average molecular weight is 289 g/mol. The number of benzene rings is 2. The minimum atomic E-state index is 0.574. The molecule has 22 heavy (non-hydrogen) atoms. The van der Waals surface area contributed by atoms with Crippen LogP contribution in [-0.2, 0) is 0 Å². The second kappa shape index (κ2) is 6.22. The number of carbonyl (C=O) groups is 1. The van der Waals surface area contributed by atoms with Crippen LogP contribution in [0.25, 0.3) is 22.5 Å². The lowest BCUT2D eigenvalue weighted by atomic mass is 10.0. The summed E-state index contributed by atoms with van der Waals surface area (Å²) in [6, 6.07) is 21.1. The zero-order chi connectivity index (χ0) is 15.4. The number of nitrogens with zero attached hydrogens (tertiary/aromatic N) is 1. The Morgan fingerprint density at radius 2 is 1.59 bits per heavy atom. The fourth-order valence-electron chi connectivity index (χ4n) is 2.31. The first-order valence-electron chi connectivity index (χ1n) is 6.98. The fraction of sp³-hybridized carbons (Fsp3) is 0.0526. The number of methoxy groups -OCH3 is 1. The van der Waals surface area contributed by atoms with Crippen molar-refractivity contribution in [3.63, 3.8) is 0 Å². The SMILES string of the molecule is COc1ccc(-c2nc(-c3ccccc3)ccc2C=O)cc1. The molecule has 0 unspecified atom stereocenters. The van der Waals surface area contributed by atoms with Gasteiger partial charge in [0.15, 0.2) is 6.29 Å². The number of hydrogen-bond donors (Lipinski definition) is 0. The van der Waals surface area contributed by atoms with Gasteiger partial charge in [-0.2, -0.15) is 0 Å². The van der Waals surface area contributed by atoms with E-state index in [1.165, 1.54) is 0 Å². The Morgan fingerprint density at radius 3 is 2.23 bits per heavy atom. The first-order chi connectivity index (χ1) is 10.8. The maximum Gasteiger partial charge on any atom is 0.152 e. The average Bonchev–Trinajstić information content (AvgIpc) is 2.62. The van der Waals surface area contributed by atoms with E-state index >= 15 is 0 Å². The molecular weight excluding hydrogens is 274 g/mol. The molecule has 0 amide bonds. The first kappa shape index (κ1) is 14.0. The highest BCUT2D eigenvalue weighted by atomic mass is 16.5. The molecule has 0 aliphatic heterocycles. The van der Waals surface area contributed by atoms with Gasteiger partial charge in [0.2, 0.25) is 0 Å². The van der Waals surface area contributed by atoms with Gasteiger partial charge in [0, 0.05) is 16.7 Å². The molecule has 3 rings (SSSR count). The lowest BCUT2D eigenvalue weighted by Gasteiger charge is -2.08.